The van der Waals surface area contributed by atoms with Gasteiger partial charge in [-0.1, -0.05) is 84.2 Å². The minimum atomic E-state index is 0. The number of benzene rings is 2. The molecule has 0 spiro atoms. The maximum absolute atomic E-state index is 11.7. The molecule has 1 atom stereocenters. The van der Waals surface area contributed by atoms with E-state index in [9.17, 15) is 4.79 Å². The average molecular weight is 566 g/mol. The quantitative estimate of drug-likeness (QED) is 0.251. The fourth-order valence-electron chi connectivity index (χ4n) is 3.41. The topological polar surface area (TPSA) is 51.0 Å². The van der Waals surface area contributed by atoms with Crippen molar-refractivity contribution in [3.63, 3.8) is 0 Å². The monoisotopic (exact) mass is 564 g/mol. The van der Waals surface area contributed by atoms with Gasteiger partial charge in [0.05, 0.1) is 0 Å². The molecule has 1 heterocycles. The second kappa shape index (κ2) is 17.7. The molecular weight excluding hydrogens is 534 g/mol. The molecule has 10 heteroatoms. The standard InChI is InChI=1S/C13H15Cl2N3.C12H16ClNOS.Na.H/c1-2-3-10(7-18-9-16-8-17-18)12-5-4-11(14)6-13(12)15;1-3-14(4-2)12(15)16-9-10-7-5-6-8-11(10)13;;/h4-6,8-10H,2-3,7H2,1H3;5-8H,3-4,9H2,1-2H3;;. The molecule has 2 aromatic carbocycles. The van der Waals surface area contributed by atoms with E-state index in [0.29, 0.717) is 16.7 Å². The van der Waals surface area contributed by atoms with E-state index in [4.69, 9.17) is 34.8 Å². The van der Waals surface area contributed by atoms with Crippen molar-refractivity contribution in [2.45, 2.75) is 51.8 Å². The molecule has 1 unspecified atom stereocenters. The van der Waals surface area contributed by atoms with Crippen LogP contribution in [-0.2, 0) is 12.3 Å². The molecule has 0 aliphatic carbocycles. The molecule has 35 heavy (non-hydrogen) atoms. The number of halogens is 3. The van der Waals surface area contributed by atoms with Crippen molar-refractivity contribution < 1.29 is 4.79 Å². The van der Waals surface area contributed by atoms with Crippen LogP contribution in [0.3, 0.4) is 0 Å². The summed E-state index contributed by atoms with van der Waals surface area (Å²) in [7, 11) is 0. The van der Waals surface area contributed by atoms with Crippen LogP contribution in [0.4, 0.5) is 4.79 Å². The zero-order chi connectivity index (χ0) is 24.9. The van der Waals surface area contributed by atoms with Crippen LogP contribution < -0.4 is 0 Å². The summed E-state index contributed by atoms with van der Waals surface area (Å²) in [5.74, 6) is 0.969. The number of nitrogens with zero attached hydrogens (tertiary/aromatic N) is 4. The van der Waals surface area contributed by atoms with E-state index in [-0.39, 0.29) is 34.8 Å². The van der Waals surface area contributed by atoms with E-state index in [0.717, 1.165) is 53.6 Å². The van der Waals surface area contributed by atoms with Crippen LogP contribution in [-0.4, -0.2) is 67.6 Å². The second-order valence-corrected chi connectivity index (χ2v) is 9.76. The van der Waals surface area contributed by atoms with Gasteiger partial charge in [-0.3, -0.25) is 9.48 Å². The zero-order valence-corrected chi connectivity index (χ0v) is 22.8. The summed E-state index contributed by atoms with van der Waals surface area (Å²) >= 11 is 19.5. The van der Waals surface area contributed by atoms with Crippen molar-refractivity contribution in [2.75, 3.05) is 13.1 Å². The summed E-state index contributed by atoms with van der Waals surface area (Å²) in [4.78, 5) is 17.5. The molecule has 5 nitrogen and oxygen atoms in total. The summed E-state index contributed by atoms with van der Waals surface area (Å²) in [5.41, 5.74) is 2.13. The Morgan fingerprint density at radius 2 is 1.77 bits per heavy atom. The minimum absolute atomic E-state index is 0. The molecule has 3 rings (SSSR count). The predicted molar refractivity (Wildman–Crippen MR) is 152 cm³/mol. The van der Waals surface area contributed by atoms with Crippen molar-refractivity contribution in [1.29, 1.82) is 0 Å². The van der Waals surface area contributed by atoms with E-state index >= 15 is 0 Å². The van der Waals surface area contributed by atoms with Gasteiger partial charge in [-0.2, -0.15) is 5.10 Å². The molecule has 0 saturated heterocycles. The fourth-order valence-corrected chi connectivity index (χ4v) is 5.22. The van der Waals surface area contributed by atoms with E-state index in [1.165, 1.54) is 11.8 Å². The average Bonchev–Trinajstić information content (AvgIpc) is 3.33. The Kier molecular flexibility index (Phi) is 16.3. The van der Waals surface area contributed by atoms with Crippen LogP contribution >= 0.6 is 46.6 Å². The third-order valence-corrected chi connectivity index (χ3v) is 7.14. The molecule has 0 fully saturated rings. The number of thioether (sulfide) groups is 1. The molecular formula is C25H32Cl3N4NaOS. The van der Waals surface area contributed by atoms with E-state index in [1.54, 1.807) is 18.7 Å². The van der Waals surface area contributed by atoms with Crippen LogP contribution in [0.15, 0.2) is 55.1 Å². The normalized spacial score (nSPS) is 11.1. The van der Waals surface area contributed by atoms with Crippen LogP contribution in [0.2, 0.25) is 15.1 Å². The van der Waals surface area contributed by atoms with Crippen molar-refractivity contribution in [3.8, 4) is 0 Å². The fraction of sp³-hybridized carbons (Fsp3) is 0.400. The first kappa shape index (κ1) is 32.3. The van der Waals surface area contributed by atoms with E-state index in [2.05, 4.69) is 17.0 Å². The van der Waals surface area contributed by atoms with Gasteiger partial charge >= 0.3 is 29.6 Å². The molecule has 0 aliphatic rings. The van der Waals surface area contributed by atoms with Gasteiger partial charge in [0.15, 0.2) is 0 Å². The Labute approximate surface area is 250 Å². The first-order valence-electron chi connectivity index (χ1n) is 11.3. The van der Waals surface area contributed by atoms with E-state index in [1.807, 2.05) is 59.8 Å². The SMILES string of the molecule is CCCC(Cn1cncn1)c1ccc(Cl)cc1Cl.CCN(CC)C(=O)SCc1ccccc1Cl.[NaH]. The van der Waals surface area contributed by atoms with Gasteiger partial charge in [0.2, 0.25) is 0 Å². The number of hydrogen-bond acceptors (Lipinski definition) is 4. The van der Waals surface area contributed by atoms with Crippen molar-refractivity contribution >= 4 is 81.4 Å². The summed E-state index contributed by atoms with van der Waals surface area (Å²) in [6.07, 6.45) is 5.43. The molecule has 0 saturated carbocycles. The van der Waals surface area contributed by atoms with Crippen LogP contribution in [0, 0.1) is 0 Å². The number of rotatable bonds is 9. The number of carbonyl (C=O) groups is 1. The first-order valence-corrected chi connectivity index (χ1v) is 13.4. The molecule has 0 aliphatic heterocycles. The zero-order valence-electron chi connectivity index (χ0n) is 19.8. The Balaban J connectivity index is 0.000000343. The Bertz CT molecular complexity index is 1020. The van der Waals surface area contributed by atoms with Gasteiger partial charge in [0, 0.05) is 46.4 Å². The van der Waals surface area contributed by atoms with Crippen molar-refractivity contribution in [1.82, 2.24) is 19.7 Å². The third kappa shape index (κ3) is 11.0. The van der Waals surface area contributed by atoms with Gasteiger partial charge in [0.1, 0.15) is 12.7 Å². The molecule has 0 N–H and O–H groups in total. The molecule has 0 bridgehead atoms. The predicted octanol–water partition coefficient (Wildman–Crippen LogP) is 7.56. The van der Waals surface area contributed by atoms with Gasteiger partial charge in [0.25, 0.3) is 5.24 Å². The molecule has 0 radical (unpaired) electrons. The van der Waals surface area contributed by atoms with Crippen LogP contribution in [0.1, 0.15) is 50.7 Å². The molecule has 3 aromatic rings. The van der Waals surface area contributed by atoms with Gasteiger partial charge in [-0.05, 0) is 49.6 Å². The summed E-state index contributed by atoms with van der Waals surface area (Å²) in [6, 6.07) is 13.3. The molecule has 186 valence electrons. The number of aromatic nitrogens is 3. The number of amides is 1. The van der Waals surface area contributed by atoms with Crippen LogP contribution in [0.25, 0.3) is 0 Å². The summed E-state index contributed by atoms with van der Waals surface area (Å²) < 4.78 is 1.84. The number of carbonyl (C=O) groups excluding carboxylic acids is 1. The first-order chi connectivity index (χ1) is 16.4. The van der Waals surface area contributed by atoms with Crippen molar-refractivity contribution in [2.24, 2.45) is 0 Å². The van der Waals surface area contributed by atoms with Crippen LogP contribution in [0.5, 0.6) is 0 Å². The van der Waals surface area contributed by atoms with Crippen molar-refractivity contribution in [3.05, 3.63) is 81.3 Å². The van der Waals surface area contributed by atoms with Gasteiger partial charge in [-0.25, -0.2) is 4.98 Å². The summed E-state index contributed by atoms with van der Waals surface area (Å²) in [5, 5.41) is 6.38. The third-order valence-electron chi connectivity index (χ3n) is 5.24. The van der Waals surface area contributed by atoms with Gasteiger partial charge < -0.3 is 4.90 Å². The maximum atomic E-state index is 11.7. The Hall–Kier alpha value is -0.730. The summed E-state index contributed by atoms with van der Waals surface area (Å²) in [6.45, 7) is 8.43. The Morgan fingerprint density at radius 3 is 2.34 bits per heavy atom. The number of hydrogen-bond donors (Lipinski definition) is 0. The second-order valence-electron chi connectivity index (χ2n) is 7.59. The van der Waals surface area contributed by atoms with Gasteiger partial charge in [-0.15, -0.1) is 0 Å². The molecule has 1 amide bonds. The molecule has 1 aromatic heterocycles. The van der Waals surface area contributed by atoms with E-state index < -0.39 is 0 Å². The Morgan fingerprint density at radius 1 is 1.06 bits per heavy atom.